The SMILES string of the molecule is COP(=S)(OC)Oc1cccc(O)c1. The summed E-state index contributed by atoms with van der Waals surface area (Å²) in [4.78, 5) is 0. The molecule has 0 fully saturated rings. The van der Waals surface area contributed by atoms with Gasteiger partial charge < -0.3 is 18.7 Å². The molecule has 4 nitrogen and oxygen atoms in total. The van der Waals surface area contributed by atoms with Crippen LogP contribution in [0.3, 0.4) is 0 Å². The predicted molar refractivity (Wildman–Crippen MR) is 57.0 cm³/mol. The molecule has 0 atom stereocenters. The van der Waals surface area contributed by atoms with Gasteiger partial charge in [-0.05, 0) is 12.1 Å². The number of phenols is 1. The molecule has 0 bridgehead atoms. The Morgan fingerprint density at radius 1 is 1.29 bits per heavy atom. The van der Waals surface area contributed by atoms with Crippen LogP contribution in [-0.4, -0.2) is 19.3 Å². The molecule has 0 heterocycles. The number of phenolic OH excluding ortho intramolecular Hbond substituents is 1. The first-order valence-electron chi connectivity index (χ1n) is 3.80. The van der Waals surface area contributed by atoms with Gasteiger partial charge in [0, 0.05) is 32.1 Å². The van der Waals surface area contributed by atoms with E-state index in [9.17, 15) is 5.11 Å². The summed E-state index contributed by atoms with van der Waals surface area (Å²) in [6, 6.07) is 6.30. The van der Waals surface area contributed by atoms with Crippen LogP contribution in [0.5, 0.6) is 11.5 Å². The van der Waals surface area contributed by atoms with Gasteiger partial charge in [0.25, 0.3) is 0 Å². The van der Waals surface area contributed by atoms with E-state index in [0.29, 0.717) is 5.75 Å². The lowest BCUT2D eigenvalue weighted by Gasteiger charge is -2.17. The average Bonchev–Trinajstić information content (AvgIpc) is 2.18. The topological polar surface area (TPSA) is 47.9 Å². The second kappa shape index (κ2) is 4.75. The standard InChI is InChI=1S/C8H11O4PS/c1-10-13(14,11-2)12-8-5-3-4-7(9)6-8/h3-6,9H,1-2H3. The molecule has 1 aromatic carbocycles. The van der Waals surface area contributed by atoms with Crippen LogP contribution in [0.2, 0.25) is 0 Å². The Bertz CT molecular complexity index is 347. The van der Waals surface area contributed by atoms with Crippen molar-refractivity contribution in [2.75, 3.05) is 14.2 Å². The van der Waals surface area contributed by atoms with Crippen molar-refractivity contribution >= 4 is 18.5 Å². The molecule has 1 rings (SSSR count). The van der Waals surface area contributed by atoms with Crippen LogP contribution in [0.4, 0.5) is 0 Å². The first-order chi connectivity index (χ1) is 6.59. The second-order valence-corrected chi connectivity index (χ2v) is 5.55. The van der Waals surface area contributed by atoms with Crippen molar-refractivity contribution in [1.29, 1.82) is 0 Å². The first kappa shape index (κ1) is 11.5. The third-order valence-electron chi connectivity index (χ3n) is 1.48. The Labute approximate surface area is 87.7 Å². The van der Waals surface area contributed by atoms with Gasteiger partial charge in [-0.2, -0.15) is 0 Å². The fourth-order valence-corrected chi connectivity index (χ4v) is 1.75. The normalized spacial score (nSPS) is 11.3. The maximum atomic E-state index is 9.17. The highest BCUT2D eigenvalue weighted by Gasteiger charge is 2.18. The second-order valence-electron chi connectivity index (χ2n) is 2.40. The fourth-order valence-electron chi connectivity index (χ4n) is 0.818. The summed E-state index contributed by atoms with van der Waals surface area (Å²) >= 11 is 4.99. The summed E-state index contributed by atoms with van der Waals surface area (Å²) in [6.07, 6.45) is 0. The van der Waals surface area contributed by atoms with Gasteiger partial charge in [0.05, 0.1) is 0 Å². The van der Waals surface area contributed by atoms with Gasteiger partial charge in [-0.1, -0.05) is 6.07 Å². The highest BCUT2D eigenvalue weighted by atomic mass is 32.5. The van der Waals surface area contributed by atoms with Gasteiger partial charge >= 0.3 is 6.72 Å². The van der Waals surface area contributed by atoms with Gasteiger partial charge in [0.1, 0.15) is 11.5 Å². The minimum Gasteiger partial charge on any atom is -0.508 e. The highest BCUT2D eigenvalue weighted by molar-refractivity contribution is 8.07. The van der Waals surface area contributed by atoms with E-state index < -0.39 is 6.72 Å². The van der Waals surface area contributed by atoms with Gasteiger partial charge in [0.15, 0.2) is 0 Å². The van der Waals surface area contributed by atoms with Crippen LogP contribution >= 0.6 is 6.72 Å². The van der Waals surface area contributed by atoms with E-state index in [1.165, 1.54) is 26.4 Å². The van der Waals surface area contributed by atoms with E-state index >= 15 is 0 Å². The van der Waals surface area contributed by atoms with Crippen LogP contribution < -0.4 is 4.52 Å². The number of hydrogen-bond donors (Lipinski definition) is 1. The summed E-state index contributed by atoms with van der Waals surface area (Å²) in [5.41, 5.74) is 0. The summed E-state index contributed by atoms with van der Waals surface area (Å²) < 4.78 is 15.2. The number of rotatable bonds is 4. The molecule has 0 aliphatic rings. The van der Waals surface area contributed by atoms with Crippen molar-refractivity contribution in [3.63, 3.8) is 0 Å². The van der Waals surface area contributed by atoms with Crippen molar-refractivity contribution in [2.45, 2.75) is 0 Å². The van der Waals surface area contributed by atoms with E-state index in [4.69, 9.17) is 25.4 Å². The van der Waals surface area contributed by atoms with E-state index in [1.54, 1.807) is 12.1 Å². The molecular formula is C8H11O4PS. The van der Waals surface area contributed by atoms with Crippen LogP contribution in [0.15, 0.2) is 24.3 Å². The van der Waals surface area contributed by atoms with Crippen LogP contribution in [0.1, 0.15) is 0 Å². The lowest BCUT2D eigenvalue weighted by molar-refractivity contribution is 0.273. The molecule has 0 spiro atoms. The zero-order chi connectivity index (χ0) is 10.6. The summed E-state index contributed by atoms with van der Waals surface area (Å²) in [7, 11) is 2.85. The lowest BCUT2D eigenvalue weighted by Crippen LogP contribution is -1.96. The molecule has 0 aromatic heterocycles. The van der Waals surface area contributed by atoms with E-state index in [-0.39, 0.29) is 5.75 Å². The highest BCUT2D eigenvalue weighted by Crippen LogP contribution is 2.48. The maximum Gasteiger partial charge on any atom is 0.380 e. The van der Waals surface area contributed by atoms with E-state index in [1.807, 2.05) is 0 Å². The van der Waals surface area contributed by atoms with Crippen molar-refractivity contribution in [2.24, 2.45) is 0 Å². The summed E-state index contributed by atoms with van der Waals surface area (Å²) in [5, 5.41) is 9.17. The van der Waals surface area contributed by atoms with Crippen LogP contribution in [0.25, 0.3) is 0 Å². The van der Waals surface area contributed by atoms with E-state index in [0.717, 1.165) is 0 Å². The molecule has 14 heavy (non-hydrogen) atoms. The van der Waals surface area contributed by atoms with Crippen molar-refractivity contribution < 1.29 is 18.7 Å². The average molecular weight is 234 g/mol. The molecule has 0 saturated carbocycles. The van der Waals surface area contributed by atoms with Crippen molar-refractivity contribution in [3.05, 3.63) is 24.3 Å². The molecule has 6 heteroatoms. The predicted octanol–water partition coefficient (Wildman–Crippen LogP) is 2.29. The quantitative estimate of drug-likeness (QED) is 0.810. The molecular weight excluding hydrogens is 223 g/mol. The fraction of sp³-hybridized carbons (Fsp3) is 0.250. The summed E-state index contributed by atoms with van der Waals surface area (Å²) in [5.74, 6) is 0.535. The Morgan fingerprint density at radius 3 is 2.43 bits per heavy atom. The number of aromatic hydroxyl groups is 1. The molecule has 0 aliphatic carbocycles. The maximum absolute atomic E-state index is 9.17. The first-order valence-corrected chi connectivity index (χ1v) is 6.35. The Kier molecular flexibility index (Phi) is 3.89. The molecule has 0 saturated heterocycles. The van der Waals surface area contributed by atoms with Gasteiger partial charge in [0.2, 0.25) is 0 Å². The van der Waals surface area contributed by atoms with Crippen molar-refractivity contribution in [1.82, 2.24) is 0 Å². The van der Waals surface area contributed by atoms with Crippen LogP contribution in [0, 0.1) is 0 Å². The monoisotopic (exact) mass is 234 g/mol. The largest absolute Gasteiger partial charge is 0.508 e. The zero-order valence-corrected chi connectivity index (χ0v) is 9.55. The number of benzene rings is 1. The lowest BCUT2D eigenvalue weighted by atomic mass is 10.3. The smallest absolute Gasteiger partial charge is 0.380 e. The molecule has 0 amide bonds. The molecule has 1 aromatic rings. The van der Waals surface area contributed by atoms with E-state index in [2.05, 4.69) is 0 Å². The Morgan fingerprint density at radius 2 is 1.93 bits per heavy atom. The molecule has 0 unspecified atom stereocenters. The van der Waals surface area contributed by atoms with Crippen LogP contribution in [-0.2, 0) is 20.9 Å². The minimum atomic E-state index is -2.70. The van der Waals surface area contributed by atoms with Gasteiger partial charge in [-0.25, -0.2) is 0 Å². The van der Waals surface area contributed by atoms with Gasteiger partial charge in [-0.3, -0.25) is 0 Å². The Balaban J connectivity index is 2.83. The molecule has 0 radical (unpaired) electrons. The Hall–Kier alpha value is -0.610. The third kappa shape index (κ3) is 2.96. The van der Waals surface area contributed by atoms with Gasteiger partial charge in [-0.15, -0.1) is 0 Å². The van der Waals surface area contributed by atoms with Crippen molar-refractivity contribution in [3.8, 4) is 11.5 Å². The number of hydrogen-bond acceptors (Lipinski definition) is 5. The summed E-state index contributed by atoms with van der Waals surface area (Å²) in [6.45, 7) is -2.70. The minimum absolute atomic E-state index is 0.108. The molecule has 78 valence electrons. The third-order valence-corrected chi connectivity index (χ3v) is 3.93. The molecule has 1 N–H and O–H groups in total. The zero-order valence-electron chi connectivity index (χ0n) is 7.84. The molecule has 0 aliphatic heterocycles.